The Balaban J connectivity index is 1.53. The molecule has 0 unspecified atom stereocenters. The molecule has 1 fully saturated rings. The Morgan fingerprint density at radius 2 is 1.72 bits per heavy atom. The summed E-state index contributed by atoms with van der Waals surface area (Å²) in [7, 11) is 1.67. The maximum Gasteiger partial charge on any atom is 0.242 e. The largest absolute Gasteiger partial charge is 0.497 e. The third kappa shape index (κ3) is 6.36. The van der Waals surface area contributed by atoms with Crippen molar-refractivity contribution in [2.24, 2.45) is 5.92 Å². The van der Waals surface area contributed by atoms with Crippen LogP contribution in [0.1, 0.15) is 49.9 Å². The fourth-order valence-corrected chi connectivity index (χ4v) is 4.60. The van der Waals surface area contributed by atoms with Crippen molar-refractivity contribution in [3.05, 3.63) is 89.7 Å². The highest BCUT2D eigenvalue weighted by Gasteiger charge is 2.32. The lowest BCUT2D eigenvalue weighted by Crippen LogP contribution is -2.48. The van der Waals surface area contributed by atoms with E-state index in [1.807, 2.05) is 79.5 Å². The quantitative estimate of drug-likeness (QED) is 0.378. The van der Waals surface area contributed by atoms with Gasteiger partial charge in [-0.05, 0) is 62.1 Å². The first kappa shape index (κ1) is 25.5. The standard InChI is InChI=1S/C30H37N3O3/c1-23(2)33(30(35)26-13-8-14-26)22-29(34)32(19-24-10-5-4-6-11-24)21-27-15-9-17-31(27)20-25-12-7-16-28(18-25)36-3/h4-7,9-12,15-18,23,26H,8,13-14,19-22H2,1-3H3. The van der Waals surface area contributed by atoms with Crippen molar-refractivity contribution in [1.82, 2.24) is 14.4 Å². The summed E-state index contributed by atoms with van der Waals surface area (Å²) >= 11 is 0. The van der Waals surface area contributed by atoms with E-state index >= 15 is 0 Å². The smallest absolute Gasteiger partial charge is 0.242 e. The average Bonchev–Trinajstić information content (AvgIpc) is 3.27. The van der Waals surface area contributed by atoms with Crippen LogP contribution in [0.3, 0.4) is 0 Å². The van der Waals surface area contributed by atoms with Crippen molar-refractivity contribution in [2.75, 3.05) is 13.7 Å². The Hall–Kier alpha value is -3.54. The fraction of sp³-hybridized carbons (Fsp3) is 0.400. The maximum absolute atomic E-state index is 13.7. The van der Waals surface area contributed by atoms with Gasteiger partial charge in [0.2, 0.25) is 11.8 Å². The lowest BCUT2D eigenvalue weighted by Gasteiger charge is -2.35. The molecular weight excluding hydrogens is 450 g/mol. The van der Waals surface area contributed by atoms with Crippen molar-refractivity contribution in [3.8, 4) is 5.75 Å². The van der Waals surface area contributed by atoms with Gasteiger partial charge in [0.15, 0.2) is 0 Å². The van der Waals surface area contributed by atoms with Gasteiger partial charge in [0.1, 0.15) is 12.3 Å². The van der Waals surface area contributed by atoms with Crippen LogP contribution in [-0.4, -0.2) is 45.9 Å². The molecular formula is C30H37N3O3. The van der Waals surface area contributed by atoms with Gasteiger partial charge in [-0.1, -0.05) is 48.9 Å². The fourth-order valence-electron chi connectivity index (χ4n) is 4.60. The van der Waals surface area contributed by atoms with E-state index < -0.39 is 0 Å². The number of hydrogen-bond acceptors (Lipinski definition) is 3. The molecule has 1 aromatic heterocycles. The van der Waals surface area contributed by atoms with Crippen molar-refractivity contribution >= 4 is 11.8 Å². The van der Waals surface area contributed by atoms with Gasteiger partial charge < -0.3 is 19.1 Å². The summed E-state index contributed by atoms with van der Waals surface area (Å²) in [6.45, 7) is 5.73. The van der Waals surface area contributed by atoms with Crippen LogP contribution in [0.4, 0.5) is 0 Å². The van der Waals surface area contributed by atoms with Crippen LogP contribution >= 0.6 is 0 Å². The van der Waals surface area contributed by atoms with Crippen LogP contribution in [0.5, 0.6) is 5.75 Å². The average molecular weight is 488 g/mol. The third-order valence-corrected chi connectivity index (χ3v) is 7.00. The van der Waals surface area contributed by atoms with E-state index in [2.05, 4.69) is 16.7 Å². The van der Waals surface area contributed by atoms with Crippen LogP contribution in [-0.2, 0) is 29.2 Å². The SMILES string of the molecule is COc1cccc(Cn2cccc2CN(Cc2ccccc2)C(=O)CN(C(=O)C2CCC2)C(C)C)c1. The highest BCUT2D eigenvalue weighted by molar-refractivity contribution is 5.86. The predicted molar refractivity (Wildman–Crippen MR) is 141 cm³/mol. The summed E-state index contributed by atoms with van der Waals surface area (Å²) < 4.78 is 7.54. The Morgan fingerprint density at radius 3 is 2.39 bits per heavy atom. The van der Waals surface area contributed by atoms with Gasteiger partial charge >= 0.3 is 0 Å². The van der Waals surface area contributed by atoms with Gasteiger partial charge in [-0.25, -0.2) is 0 Å². The second-order valence-electron chi connectivity index (χ2n) is 9.90. The van der Waals surface area contributed by atoms with E-state index in [9.17, 15) is 9.59 Å². The maximum atomic E-state index is 13.7. The topological polar surface area (TPSA) is 54.8 Å². The summed E-state index contributed by atoms with van der Waals surface area (Å²) in [6.07, 6.45) is 5.00. The number of rotatable bonds is 11. The van der Waals surface area contributed by atoms with Crippen molar-refractivity contribution in [2.45, 2.75) is 58.8 Å². The molecule has 6 heteroatoms. The summed E-state index contributed by atoms with van der Waals surface area (Å²) in [4.78, 5) is 30.4. The highest BCUT2D eigenvalue weighted by Crippen LogP contribution is 2.29. The number of methoxy groups -OCH3 is 1. The summed E-state index contributed by atoms with van der Waals surface area (Å²) in [6, 6.07) is 22.1. The molecule has 6 nitrogen and oxygen atoms in total. The van der Waals surface area contributed by atoms with E-state index in [1.54, 1.807) is 12.0 Å². The number of amides is 2. The first-order valence-electron chi connectivity index (χ1n) is 12.8. The summed E-state index contributed by atoms with van der Waals surface area (Å²) in [5, 5.41) is 0. The van der Waals surface area contributed by atoms with Crippen molar-refractivity contribution in [3.63, 3.8) is 0 Å². The minimum absolute atomic E-state index is 0.0162. The Morgan fingerprint density at radius 1 is 0.972 bits per heavy atom. The van der Waals surface area contributed by atoms with E-state index in [1.165, 1.54) is 0 Å². The van der Waals surface area contributed by atoms with Gasteiger partial charge in [0.25, 0.3) is 0 Å². The van der Waals surface area contributed by atoms with Crippen LogP contribution in [0, 0.1) is 5.92 Å². The van der Waals surface area contributed by atoms with Crippen LogP contribution in [0.15, 0.2) is 72.9 Å². The molecule has 0 spiro atoms. The molecule has 3 aromatic rings. The van der Waals surface area contributed by atoms with E-state index in [0.29, 0.717) is 19.6 Å². The summed E-state index contributed by atoms with van der Waals surface area (Å²) in [5.41, 5.74) is 3.24. The number of ether oxygens (including phenoxy) is 1. The van der Waals surface area contributed by atoms with E-state index in [4.69, 9.17) is 4.74 Å². The van der Waals surface area contributed by atoms with Gasteiger partial charge in [-0.3, -0.25) is 9.59 Å². The second-order valence-corrected chi connectivity index (χ2v) is 9.90. The molecule has 4 rings (SSSR count). The molecule has 0 N–H and O–H groups in total. The zero-order valence-electron chi connectivity index (χ0n) is 21.6. The minimum atomic E-state index is -0.0330. The Labute approximate surface area is 214 Å². The van der Waals surface area contributed by atoms with E-state index in [-0.39, 0.29) is 30.3 Å². The van der Waals surface area contributed by atoms with Gasteiger partial charge in [-0.15, -0.1) is 0 Å². The van der Waals surface area contributed by atoms with Crippen molar-refractivity contribution in [1.29, 1.82) is 0 Å². The number of benzene rings is 2. The molecule has 36 heavy (non-hydrogen) atoms. The molecule has 0 aliphatic heterocycles. The lowest BCUT2D eigenvalue weighted by molar-refractivity contribution is -0.147. The molecule has 0 bridgehead atoms. The molecule has 2 aromatic carbocycles. The summed E-state index contributed by atoms with van der Waals surface area (Å²) in [5.74, 6) is 0.981. The van der Waals surface area contributed by atoms with E-state index in [0.717, 1.165) is 41.8 Å². The van der Waals surface area contributed by atoms with Crippen LogP contribution < -0.4 is 4.74 Å². The molecule has 0 saturated heterocycles. The minimum Gasteiger partial charge on any atom is -0.497 e. The number of aromatic nitrogens is 1. The third-order valence-electron chi connectivity index (χ3n) is 7.00. The number of nitrogens with zero attached hydrogens (tertiary/aromatic N) is 3. The zero-order chi connectivity index (χ0) is 25.5. The molecule has 1 saturated carbocycles. The number of carbonyl (C=O) groups is 2. The van der Waals surface area contributed by atoms with Crippen LogP contribution in [0.25, 0.3) is 0 Å². The monoisotopic (exact) mass is 487 g/mol. The highest BCUT2D eigenvalue weighted by atomic mass is 16.5. The molecule has 1 aliphatic carbocycles. The molecule has 1 aliphatic rings. The Kier molecular flexibility index (Phi) is 8.47. The number of hydrogen-bond donors (Lipinski definition) is 0. The first-order chi connectivity index (χ1) is 17.4. The molecule has 1 heterocycles. The molecule has 0 atom stereocenters. The number of carbonyl (C=O) groups excluding carboxylic acids is 2. The van der Waals surface area contributed by atoms with Gasteiger partial charge in [0.05, 0.1) is 13.7 Å². The van der Waals surface area contributed by atoms with Gasteiger partial charge in [-0.2, -0.15) is 0 Å². The normalized spacial score (nSPS) is 13.3. The predicted octanol–water partition coefficient (Wildman–Crippen LogP) is 5.11. The Bertz CT molecular complexity index is 1150. The van der Waals surface area contributed by atoms with Gasteiger partial charge in [0, 0.05) is 36.9 Å². The van der Waals surface area contributed by atoms with Crippen LogP contribution in [0.2, 0.25) is 0 Å². The molecule has 0 radical (unpaired) electrons. The second kappa shape index (κ2) is 11.9. The molecule has 190 valence electrons. The first-order valence-corrected chi connectivity index (χ1v) is 12.8. The zero-order valence-corrected chi connectivity index (χ0v) is 21.6. The lowest BCUT2D eigenvalue weighted by atomic mass is 9.84. The molecule has 2 amide bonds. The van der Waals surface area contributed by atoms with Crippen molar-refractivity contribution < 1.29 is 14.3 Å².